The Bertz CT molecular complexity index is 4780. The zero-order valence-corrected chi connectivity index (χ0v) is 45.7. The number of fused-ring (bicyclic) bond motifs is 6. The molecule has 0 aliphatic carbocycles. The topological polar surface area (TPSA) is 79.0 Å². The SMILES string of the molecule is C=Cc1cccc2c1c1ccccc1n2-c1cccc(-c2cc(-c3ccccc3)nc(-c3ccccc3)c2)c1.O=S(=O)(Oc1cccc2c1c1ccccc1n2-c1cccc(-c2cc(-c3ccccc3)nc(-c3ccccc3)c2)c1)C(F)(F)F. The molecule has 0 spiro atoms. The Kier molecular flexibility index (Phi) is 13.8. The van der Waals surface area contributed by atoms with E-state index in [1.165, 1.54) is 33.9 Å². The van der Waals surface area contributed by atoms with Gasteiger partial charge in [0.05, 0.1) is 50.2 Å². The number of halogens is 3. The number of rotatable bonds is 11. The average Bonchev–Trinajstić information content (AvgIpc) is 2.13. The third-order valence-corrected chi connectivity index (χ3v) is 15.9. The van der Waals surface area contributed by atoms with E-state index >= 15 is 0 Å². The van der Waals surface area contributed by atoms with Gasteiger partial charge >= 0.3 is 15.6 Å². The lowest BCUT2D eigenvalue weighted by Crippen LogP contribution is -2.28. The van der Waals surface area contributed by atoms with Gasteiger partial charge in [0.25, 0.3) is 0 Å². The molecule has 0 radical (unpaired) electrons. The lowest BCUT2D eigenvalue weighted by atomic mass is 9.99. The number of para-hydroxylation sites is 2. The number of benzene rings is 10. The minimum absolute atomic E-state index is 0.257. The van der Waals surface area contributed by atoms with E-state index in [9.17, 15) is 21.6 Å². The van der Waals surface area contributed by atoms with Crippen molar-refractivity contribution in [3.05, 3.63) is 291 Å². The standard InChI is InChI=1S/C37H26N2.C36H23F3N2O3S/c1-2-26-17-12-22-36-37(26)32-20-9-10-21-35(32)39(36)31-19-11-18-29(23-31)30-24-33(27-13-5-3-6-14-27)38-34(25-30)28-15-7-4-8-16-28;37-36(38,39)45(42,43)44-34-20-10-19-33-35(34)29-17-7-8-18-32(29)41(33)28-16-9-15-26(21-28)27-22-30(24-11-3-1-4-12-24)40-31(23-27)25-13-5-2-6-14-25/h2-25H,1H2;1-23H. The zero-order chi connectivity index (χ0) is 57.4. The molecule has 10 aromatic carbocycles. The van der Waals surface area contributed by atoms with E-state index in [0.717, 1.165) is 84.2 Å². The first-order chi connectivity index (χ1) is 41.0. The molecule has 4 heterocycles. The molecule has 4 aromatic heterocycles. The van der Waals surface area contributed by atoms with Crippen molar-refractivity contribution >= 4 is 59.8 Å². The summed E-state index contributed by atoms with van der Waals surface area (Å²) in [5.74, 6) is -0.398. The summed E-state index contributed by atoms with van der Waals surface area (Å²) in [4.78, 5) is 10.0. The predicted molar refractivity (Wildman–Crippen MR) is 335 cm³/mol. The first-order valence-electron chi connectivity index (χ1n) is 27.1. The lowest BCUT2D eigenvalue weighted by molar-refractivity contribution is -0.0499. The molecule has 0 unspecified atom stereocenters. The van der Waals surface area contributed by atoms with Gasteiger partial charge in [0.1, 0.15) is 0 Å². The Morgan fingerprint density at radius 3 is 1.13 bits per heavy atom. The molecular weight excluding hydrogens is 1070 g/mol. The predicted octanol–water partition coefficient (Wildman–Crippen LogP) is 19.2. The summed E-state index contributed by atoms with van der Waals surface area (Å²) < 4.78 is 72.7. The Hall–Kier alpha value is -10.6. The molecule has 0 aliphatic heterocycles. The van der Waals surface area contributed by atoms with Crippen LogP contribution in [0.3, 0.4) is 0 Å². The molecular formula is C73H49F3N4O3S. The van der Waals surface area contributed by atoms with Crippen LogP contribution in [0.2, 0.25) is 0 Å². The first kappa shape index (κ1) is 52.7. The number of aromatic nitrogens is 4. The van der Waals surface area contributed by atoms with E-state index in [1.54, 1.807) is 18.2 Å². The molecule has 84 heavy (non-hydrogen) atoms. The highest BCUT2D eigenvalue weighted by Gasteiger charge is 2.49. The van der Waals surface area contributed by atoms with Gasteiger partial charge in [0.2, 0.25) is 0 Å². The fourth-order valence-electron chi connectivity index (χ4n) is 11.1. The monoisotopic (exact) mass is 1120 g/mol. The van der Waals surface area contributed by atoms with Gasteiger partial charge in [-0.2, -0.15) is 21.6 Å². The van der Waals surface area contributed by atoms with E-state index < -0.39 is 21.4 Å². The molecule has 0 amide bonds. The number of nitrogens with zero attached hydrogens (tertiary/aromatic N) is 4. The summed E-state index contributed by atoms with van der Waals surface area (Å²) >= 11 is 0. The molecule has 11 heteroatoms. The van der Waals surface area contributed by atoms with Crippen molar-refractivity contribution in [1.29, 1.82) is 0 Å². The van der Waals surface area contributed by atoms with E-state index in [1.807, 2.05) is 132 Å². The van der Waals surface area contributed by atoms with E-state index in [4.69, 9.17) is 9.97 Å². The third-order valence-electron chi connectivity index (χ3n) is 14.9. The van der Waals surface area contributed by atoms with Gasteiger partial charge in [-0.15, -0.1) is 0 Å². The summed E-state index contributed by atoms with van der Waals surface area (Å²) in [6.07, 6.45) is 1.95. The molecule has 7 nitrogen and oxygen atoms in total. The molecule has 0 aliphatic rings. The van der Waals surface area contributed by atoms with Crippen LogP contribution in [0.15, 0.2) is 286 Å². The van der Waals surface area contributed by atoms with Crippen LogP contribution >= 0.6 is 0 Å². The van der Waals surface area contributed by atoms with Gasteiger partial charge in [0.15, 0.2) is 5.75 Å². The Labute approximate surface area is 483 Å². The average molecular weight is 1120 g/mol. The van der Waals surface area contributed by atoms with Crippen molar-refractivity contribution < 1.29 is 25.8 Å². The second-order valence-electron chi connectivity index (χ2n) is 20.1. The quantitative estimate of drug-likeness (QED) is 0.0952. The maximum Gasteiger partial charge on any atom is 0.534 e. The highest BCUT2D eigenvalue weighted by molar-refractivity contribution is 7.88. The summed E-state index contributed by atoms with van der Waals surface area (Å²) in [6, 6.07) is 92.2. The molecule has 0 atom stereocenters. The van der Waals surface area contributed by atoms with Crippen LogP contribution in [0.25, 0.3) is 128 Å². The van der Waals surface area contributed by atoms with Crippen LogP contribution < -0.4 is 4.18 Å². The molecule has 0 fully saturated rings. The Morgan fingerprint density at radius 2 is 0.714 bits per heavy atom. The molecule has 0 N–H and O–H groups in total. The summed E-state index contributed by atoms with van der Waals surface area (Å²) in [5, 5.41) is 3.27. The summed E-state index contributed by atoms with van der Waals surface area (Å²) in [6.45, 7) is 4.07. The smallest absolute Gasteiger partial charge is 0.375 e. The normalized spacial score (nSPS) is 11.7. The fourth-order valence-corrected chi connectivity index (χ4v) is 11.5. The van der Waals surface area contributed by atoms with Crippen LogP contribution in [-0.2, 0) is 10.1 Å². The minimum Gasteiger partial charge on any atom is -0.375 e. The van der Waals surface area contributed by atoms with Crippen molar-refractivity contribution in [2.45, 2.75) is 5.51 Å². The molecule has 14 aromatic rings. The first-order valence-corrected chi connectivity index (χ1v) is 28.6. The van der Waals surface area contributed by atoms with Gasteiger partial charge in [-0.05, 0) is 107 Å². The molecule has 0 saturated carbocycles. The number of hydrogen-bond acceptors (Lipinski definition) is 5. The second-order valence-corrected chi connectivity index (χ2v) is 21.6. The van der Waals surface area contributed by atoms with Crippen molar-refractivity contribution in [3.63, 3.8) is 0 Å². The van der Waals surface area contributed by atoms with Crippen LogP contribution in [0.4, 0.5) is 13.2 Å². The number of pyridine rings is 2. The Morgan fingerprint density at radius 1 is 0.369 bits per heavy atom. The van der Waals surface area contributed by atoms with Crippen molar-refractivity contribution in [2.75, 3.05) is 0 Å². The highest BCUT2D eigenvalue weighted by Crippen LogP contribution is 2.42. The number of alkyl halides is 3. The molecule has 0 bridgehead atoms. The van der Waals surface area contributed by atoms with Crippen LogP contribution in [0.5, 0.6) is 5.75 Å². The zero-order valence-electron chi connectivity index (χ0n) is 44.9. The van der Waals surface area contributed by atoms with E-state index in [2.05, 4.69) is 143 Å². The van der Waals surface area contributed by atoms with Gasteiger partial charge in [-0.3, -0.25) is 0 Å². The second kappa shape index (κ2) is 22.0. The van der Waals surface area contributed by atoms with Crippen molar-refractivity contribution in [1.82, 2.24) is 19.1 Å². The highest BCUT2D eigenvalue weighted by atomic mass is 32.2. The number of hydrogen-bond donors (Lipinski definition) is 0. The van der Waals surface area contributed by atoms with Gasteiger partial charge in [-0.25, -0.2) is 9.97 Å². The summed E-state index contributed by atoms with van der Waals surface area (Å²) in [5.41, 5.74) is 12.7. The van der Waals surface area contributed by atoms with Crippen LogP contribution in [-0.4, -0.2) is 33.0 Å². The van der Waals surface area contributed by atoms with E-state index in [0.29, 0.717) is 16.4 Å². The lowest BCUT2D eigenvalue weighted by Gasteiger charge is -2.13. The van der Waals surface area contributed by atoms with Crippen molar-refractivity contribution in [2.24, 2.45) is 0 Å². The largest absolute Gasteiger partial charge is 0.534 e. The maximum absolute atomic E-state index is 13.3. The van der Waals surface area contributed by atoms with Gasteiger partial charge in [-0.1, -0.05) is 213 Å². The van der Waals surface area contributed by atoms with Crippen LogP contribution in [0, 0.1) is 0 Å². The minimum atomic E-state index is -5.88. The fraction of sp³-hybridized carbons (Fsp3) is 0.0137. The summed E-state index contributed by atoms with van der Waals surface area (Å²) in [7, 11) is -5.88. The Balaban J connectivity index is 0.000000158. The van der Waals surface area contributed by atoms with Gasteiger partial charge < -0.3 is 13.3 Å². The van der Waals surface area contributed by atoms with Crippen molar-refractivity contribution in [3.8, 4) is 84.4 Å². The molecule has 406 valence electrons. The van der Waals surface area contributed by atoms with E-state index in [-0.39, 0.29) is 5.39 Å². The maximum atomic E-state index is 13.3. The van der Waals surface area contributed by atoms with Crippen LogP contribution in [0.1, 0.15) is 5.56 Å². The van der Waals surface area contributed by atoms with Gasteiger partial charge in [0, 0.05) is 49.8 Å². The molecule has 0 saturated heterocycles. The molecule has 14 rings (SSSR count). The third kappa shape index (κ3) is 10.1.